The molecule has 1 heterocycles. The minimum atomic E-state index is 0.0133. The molecule has 1 unspecified atom stereocenters. The van der Waals surface area contributed by atoms with Crippen LogP contribution in [0.1, 0.15) is 17.8 Å². The lowest BCUT2D eigenvalue weighted by Crippen LogP contribution is -2.01. The zero-order chi connectivity index (χ0) is 12.4. The molecule has 2 aromatic rings. The molecule has 2 rings (SSSR count). The third-order valence-corrected chi connectivity index (χ3v) is 4.09. The maximum atomic E-state index is 5.84. The molecule has 0 saturated carbocycles. The van der Waals surface area contributed by atoms with E-state index < -0.39 is 0 Å². The number of benzene rings is 1. The molecular weight excluding hydrogens is 300 g/mol. The van der Waals surface area contributed by atoms with Crippen molar-refractivity contribution in [3.8, 4) is 16.3 Å². The largest absolute Gasteiger partial charge is 0.496 e. The van der Waals surface area contributed by atoms with Gasteiger partial charge in [-0.25, -0.2) is 4.98 Å². The summed E-state index contributed by atoms with van der Waals surface area (Å²) in [7, 11) is 1.66. The maximum Gasteiger partial charge on any atom is 0.129 e. The van der Waals surface area contributed by atoms with E-state index in [9.17, 15) is 0 Å². The Hall–Kier alpha value is -0.910. The molecule has 1 aromatic carbocycles. The van der Waals surface area contributed by atoms with E-state index in [-0.39, 0.29) is 6.04 Å². The van der Waals surface area contributed by atoms with Crippen molar-refractivity contribution in [1.29, 1.82) is 0 Å². The number of nitrogens with zero attached hydrogens (tertiary/aromatic N) is 1. The molecule has 5 heteroatoms. The number of ether oxygens (including phenoxy) is 1. The molecule has 0 bridgehead atoms. The van der Waals surface area contributed by atoms with E-state index in [0.29, 0.717) is 0 Å². The molecular formula is C12H13BrN2OS. The summed E-state index contributed by atoms with van der Waals surface area (Å²) < 4.78 is 6.34. The molecule has 0 saturated heterocycles. The fraction of sp³-hybridized carbons (Fsp3) is 0.250. The smallest absolute Gasteiger partial charge is 0.129 e. The van der Waals surface area contributed by atoms with Crippen molar-refractivity contribution in [2.24, 2.45) is 5.73 Å². The minimum absolute atomic E-state index is 0.0133. The van der Waals surface area contributed by atoms with Gasteiger partial charge in [0.05, 0.1) is 12.7 Å². The number of aromatic nitrogens is 1. The summed E-state index contributed by atoms with van der Waals surface area (Å²) >= 11 is 5.05. The summed E-state index contributed by atoms with van der Waals surface area (Å²) in [4.78, 5) is 5.47. The summed E-state index contributed by atoms with van der Waals surface area (Å²) in [6, 6.07) is 5.89. The van der Waals surface area contributed by atoms with E-state index in [4.69, 9.17) is 10.5 Å². The van der Waals surface area contributed by atoms with E-state index in [1.165, 1.54) is 0 Å². The van der Waals surface area contributed by atoms with Crippen molar-refractivity contribution >= 4 is 27.3 Å². The van der Waals surface area contributed by atoms with Gasteiger partial charge in [0.25, 0.3) is 0 Å². The van der Waals surface area contributed by atoms with Crippen LogP contribution in [-0.4, -0.2) is 12.1 Å². The van der Waals surface area contributed by atoms with E-state index in [0.717, 1.165) is 25.7 Å². The van der Waals surface area contributed by atoms with Crippen molar-refractivity contribution in [2.45, 2.75) is 13.0 Å². The normalized spacial score (nSPS) is 12.5. The first-order chi connectivity index (χ1) is 8.11. The fourth-order valence-corrected chi connectivity index (χ4v) is 2.72. The molecule has 0 radical (unpaired) electrons. The van der Waals surface area contributed by atoms with Crippen molar-refractivity contribution in [1.82, 2.24) is 4.98 Å². The molecule has 0 aliphatic heterocycles. The molecule has 2 N–H and O–H groups in total. The van der Waals surface area contributed by atoms with Gasteiger partial charge in [-0.3, -0.25) is 0 Å². The molecule has 1 aromatic heterocycles. The van der Waals surface area contributed by atoms with Crippen LogP contribution in [0, 0.1) is 0 Å². The van der Waals surface area contributed by atoms with E-state index in [2.05, 4.69) is 20.9 Å². The SMILES string of the molecule is COc1ccc(Br)cc1-c1ncc(C(C)N)s1. The Kier molecular flexibility index (Phi) is 3.81. The average molecular weight is 313 g/mol. The second-order valence-electron chi connectivity index (χ2n) is 3.70. The van der Waals surface area contributed by atoms with Crippen molar-refractivity contribution in [3.63, 3.8) is 0 Å². The zero-order valence-corrected chi connectivity index (χ0v) is 12.0. The molecule has 90 valence electrons. The second-order valence-corrected chi connectivity index (χ2v) is 5.68. The lowest BCUT2D eigenvalue weighted by molar-refractivity contribution is 0.416. The maximum absolute atomic E-state index is 5.84. The quantitative estimate of drug-likeness (QED) is 0.942. The van der Waals surface area contributed by atoms with Crippen LogP contribution in [0.4, 0.5) is 0 Å². The average Bonchev–Trinajstić information content (AvgIpc) is 2.78. The Balaban J connectivity index is 2.47. The molecule has 0 aliphatic rings. The highest BCUT2D eigenvalue weighted by Gasteiger charge is 2.12. The number of methoxy groups -OCH3 is 1. The second kappa shape index (κ2) is 5.16. The van der Waals surface area contributed by atoms with Gasteiger partial charge < -0.3 is 10.5 Å². The fourth-order valence-electron chi connectivity index (χ4n) is 1.47. The van der Waals surface area contributed by atoms with Gasteiger partial charge in [-0.1, -0.05) is 15.9 Å². The Bertz CT molecular complexity index is 525. The molecule has 0 aliphatic carbocycles. The van der Waals surface area contributed by atoms with Crippen LogP contribution in [0.5, 0.6) is 5.75 Å². The van der Waals surface area contributed by atoms with Gasteiger partial charge >= 0.3 is 0 Å². The third kappa shape index (κ3) is 2.68. The molecule has 1 atom stereocenters. The molecule has 0 fully saturated rings. The Labute approximate surface area is 113 Å². The highest BCUT2D eigenvalue weighted by Crippen LogP contribution is 2.35. The summed E-state index contributed by atoms with van der Waals surface area (Å²) in [6.07, 6.45) is 1.82. The number of halogens is 1. The number of nitrogens with two attached hydrogens (primary N) is 1. The monoisotopic (exact) mass is 312 g/mol. The minimum Gasteiger partial charge on any atom is -0.496 e. The van der Waals surface area contributed by atoms with Crippen LogP contribution in [-0.2, 0) is 0 Å². The molecule has 0 spiro atoms. The molecule has 0 amide bonds. The predicted molar refractivity (Wildman–Crippen MR) is 74.4 cm³/mol. The molecule has 17 heavy (non-hydrogen) atoms. The van der Waals surface area contributed by atoms with Gasteiger partial charge in [0.15, 0.2) is 0 Å². The van der Waals surface area contributed by atoms with Gasteiger partial charge in [-0.2, -0.15) is 0 Å². The summed E-state index contributed by atoms with van der Waals surface area (Å²) in [5.74, 6) is 0.818. The number of thiazole rings is 1. The van der Waals surface area contributed by atoms with Crippen LogP contribution in [0.25, 0.3) is 10.6 Å². The highest BCUT2D eigenvalue weighted by atomic mass is 79.9. The van der Waals surface area contributed by atoms with E-state index in [1.54, 1.807) is 18.4 Å². The Morgan fingerprint density at radius 3 is 2.82 bits per heavy atom. The zero-order valence-electron chi connectivity index (χ0n) is 9.61. The van der Waals surface area contributed by atoms with Gasteiger partial charge in [0, 0.05) is 21.6 Å². The lowest BCUT2D eigenvalue weighted by atomic mass is 10.2. The Morgan fingerprint density at radius 2 is 2.24 bits per heavy atom. The molecule has 3 nitrogen and oxygen atoms in total. The standard InChI is InChI=1S/C12H13BrN2OS/c1-7(14)11-6-15-12(17-11)9-5-8(13)3-4-10(9)16-2/h3-7H,14H2,1-2H3. The van der Waals surface area contributed by atoms with Crippen LogP contribution in [0.2, 0.25) is 0 Å². The van der Waals surface area contributed by atoms with E-state index >= 15 is 0 Å². The van der Waals surface area contributed by atoms with Gasteiger partial charge in [0.1, 0.15) is 10.8 Å². The predicted octanol–water partition coefficient (Wildman–Crippen LogP) is 3.60. The van der Waals surface area contributed by atoms with E-state index in [1.807, 2.05) is 31.3 Å². The van der Waals surface area contributed by atoms with Crippen LogP contribution in [0.3, 0.4) is 0 Å². The first-order valence-electron chi connectivity index (χ1n) is 5.17. The van der Waals surface area contributed by atoms with Crippen LogP contribution >= 0.6 is 27.3 Å². The van der Waals surface area contributed by atoms with Gasteiger partial charge in [0.2, 0.25) is 0 Å². The first-order valence-corrected chi connectivity index (χ1v) is 6.78. The highest BCUT2D eigenvalue weighted by molar-refractivity contribution is 9.10. The number of hydrogen-bond acceptors (Lipinski definition) is 4. The lowest BCUT2D eigenvalue weighted by Gasteiger charge is -2.06. The first kappa shape index (κ1) is 12.5. The third-order valence-electron chi connectivity index (χ3n) is 2.36. The Morgan fingerprint density at radius 1 is 1.47 bits per heavy atom. The van der Waals surface area contributed by atoms with Crippen molar-refractivity contribution in [2.75, 3.05) is 7.11 Å². The van der Waals surface area contributed by atoms with Gasteiger partial charge in [-0.05, 0) is 25.1 Å². The van der Waals surface area contributed by atoms with Crippen LogP contribution in [0.15, 0.2) is 28.9 Å². The van der Waals surface area contributed by atoms with Crippen molar-refractivity contribution in [3.05, 3.63) is 33.7 Å². The van der Waals surface area contributed by atoms with Gasteiger partial charge in [-0.15, -0.1) is 11.3 Å². The summed E-state index contributed by atoms with van der Waals surface area (Å²) in [6.45, 7) is 1.95. The number of rotatable bonds is 3. The van der Waals surface area contributed by atoms with Crippen molar-refractivity contribution < 1.29 is 4.74 Å². The summed E-state index contributed by atoms with van der Waals surface area (Å²) in [5.41, 5.74) is 6.82. The topological polar surface area (TPSA) is 48.1 Å². The summed E-state index contributed by atoms with van der Waals surface area (Å²) in [5, 5.41) is 0.926. The van der Waals surface area contributed by atoms with Crippen LogP contribution < -0.4 is 10.5 Å². The number of hydrogen-bond donors (Lipinski definition) is 1.